The van der Waals surface area contributed by atoms with E-state index in [0.29, 0.717) is 11.1 Å². The molecule has 25 heavy (non-hydrogen) atoms. The zero-order chi connectivity index (χ0) is 18.1. The van der Waals surface area contributed by atoms with E-state index in [9.17, 15) is 20.0 Å². The van der Waals surface area contributed by atoms with Gasteiger partial charge >= 0.3 is 0 Å². The zero-order valence-corrected chi connectivity index (χ0v) is 13.8. The number of aryl methyl sites for hydroxylation is 2. The summed E-state index contributed by atoms with van der Waals surface area (Å²) in [5.41, 5.74) is 2.55. The summed E-state index contributed by atoms with van der Waals surface area (Å²) in [6.07, 6.45) is 0.469. The molecule has 0 saturated heterocycles. The minimum absolute atomic E-state index is 0.0212. The molecule has 0 amide bonds. The number of aromatic nitrogens is 2. The molecule has 128 valence electrons. The molecule has 0 bridgehead atoms. The highest BCUT2D eigenvalue weighted by Crippen LogP contribution is 2.19. The largest absolute Gasteiger partial charge is 0.387 e. The lowest BCUT2D eigenvalue weighted by molar-refractivity contribution is -0.384. The second-order valence-electron chi connectivity index (χ2n) is 6.10. The van der Waals surface area contributed by atoms with E-state index < -0.39 is 16.6 Å². The van der Waals surface area contributed by atoms with E-state index in [1.54, 1.807) is 0 Å². The highest BCUT2D eigenvalue weighted by atomic mass is 16.6. The van der Waals surface area contributed by atoms with Crippen LogP contribution in [0.1, 0.15) is 22.8 Å². The maximum atomic E-state index is 12.6. The first-order valence-electron chi connectivity index (χ1n) is 7.75. The lowest BCUT2D eigenvalue weighted by atomic mass is 10.0. The molecule has 7 nitrogen and oxygen atoms in total. The fourth-order valence-electron chi connectivity index (χ4n) is 2.88. The van der Waals surface area contributed by atoms with E-state index in [4.69, 9.17) is 0 Å². The Morgan fingerprint density at radius 1 is 1.20 bits per heavy atom. The minimum atomic E-state index is -0.880. The van der Waals surface area contributed by atoms with Crippen molar-refractivity contribution in [1.29, 1.82) is 0 Å². The van der Waals surface area contributed by atoms with Crippen LogP contribution in [-0.4, -0.2) is 19.6 Å². The molecule has 3 aromatic rings. The van der Waals surface area contributed by atoms with Crippen LogP contribution >= 0.6 is 0 Å². The highest BCUT2D eigenvalue weighted by molar-refractivity contribution is 5.79. The standard InChI is InChI=1S/C18H17N3O4/c1-11-5-12(2)7-13(6-11)17(22)9-20-10-19-16-4-3-14(21(24)25)8-15(16)18(20)23/h3-8,10,17,22H,9H2,1-2H3. The van der Waals surface area contributed by atoms with Crippen LogP contribution in [0.2, 0.25) is 0 Å². The van der Waals surface area contributed by atoms with Gasteiger partial charge in [0.1, 0.15) is 0 Å². The predicted molar refractivity (Wildman–Crippen MR) is 93.5 cm³/mol. The van der Waals surface area contributed by atoms with Crippen LogP contribution in [0.5, 0.6) is 0 Å². The average molecular weight is 339 g/mol. The summed E-state index contributed by atoms with van der Waals surface area (Å²) in [4.78, 5) is 27.1. The van der Waals surface area contributed by atoms with Gasteiger partial charge in [-0.15, -0.1) is 0 Å². The third kappa shape index (κ3) is 3.41. The molecule has 0 radical (unpaired) electrons. The molecule has 0 aliphatic heterocycles. The third-order valence-electron chi connectivity index (χ3n) is 4.02. The number of aliphatic hydroxyl groups is 1. The first-order chi connectivity index (χ1) is 11.8. The van der Waals surface area contributed by atoms with Crippen LogP contribution in [0.4, 0.5) is 5.69 Å². The number of nitrogens with zero attached hydrogens (tertiary/aromatic N) is 3. The Morgan fingerprint density at radius 2 is 1.88 bits per heavy atom. The van der Waals surface area contributed by atoms with Crippen LogP contribution in [0.25, 0.3) is 10.9 Å². The SMILES string of the molecule is Cc1cc(C)cc(C(O)Cn2cnc3ccc([N+](=O)[O-])cc3c2=O)c1. The van der Waals surface area contributed by atoms with Crippen molar-refractivity contribution < 1.29 is 10.0 Å². The van der Waals surface area contributed by atoms with Crippen molar-refractivity contribution in [2.45, 2.75) is 26.5 Å². The van der Waals surface area contributed by atoms with Crippen molar-refractivity contribution in [1.82, 2.24) is 9.55 Å². The van der Waals surface area contributed by atoms with Crippen LogP contribution in [-0.2, 0) is 6.54 Å². The summed E-state index contributed by atoms with van der Waals surface area (Å²) in [6.45, 7) is 3.89. The van der Waals surface area contributed by atoms with Gasteiger partial charge in [0.05, 0.1) is 34.8 Å². The Morgan fingerprint density at radius 3 is 2.52 bits per heavy atom. The van der Waals surface area contributed by atoms with E-state index in [2.05, 4.69) is 4.98 Å². The first kappa shape index (κ1) is 16.8. The van der Waals surface area contributed by atoms with Gasteiger partial charge in [0.25, 0.3) is 11.2 Å². The molecule has 0 aliphatic carbocycles. The molecule has 1 aromatic heterocycles. The van der Waals surface area contributed by atoms with Crippen LogP contribution in [0.3, 0.4) is 0 Å². The molecule has 0 spiro atoms. The van der Waals surface area contributed by atoms with Gasteiger partial charge in [-0.05, 0) is 25.5 Å². The molecule has 0 fully saturated rings. The molecule has 2 aromatic carbocycles. The van der Waals surface area contributed by atoms with E-state index in [1.807, 2.05) is 32.0 Å². The zero-order valence-electron chi connectivity index (χ0n) is 13.8. The van der Waals surface area contributed by atoms with Crippen molar-refractivity contribution in [2.75, 3.05) is 0 Å². The lowest BCUT2D eigenvalue weighted by Crippen LogP contribution is -2.24. The molecule has 1 atom stereocenters. The monoisotopic (exact) mass is 339 g/mol. The minimum Gasteiger partial charge on any atom is -0.387 e. The Balaban J connectivity index is 1.99. The molecule has 1 heterocycles. The fraction of sp³-hybridized carbons (Fsp3) is 0.222. The summed E-state index contributed by atoms with van der Waals surface area (Å²) in [5, 5.41) is 21.5. The molecule has 1 N–H and O–H groups in total. The molecule has 7 heteroatoms. The molecular weight excluding hydrogens is 322 g/mol. The number of nitro benzene ring substituents is 1. The van der Waals surface area contributed by atoms with Gasteiger partial charge < -0.3 is 5.11 Å². The molecular formula is C18H17N3O4. The smallest absolute Gasteiger partial charge is 0.270 e. The van der Waals surface area contributed by atoms with Gasteiger partial charge in [0, 0.05) is 12.1 Å². The fourth-order valence-corrected chi connectivity index (χ4v) is 2.88. The Kier molecular flexibility index (Phi) is 4.33. The van der Waals surface area contributed by atoms with E-state index in [1.165, 1.54) is 29.1 Å². The van der Waals surface area contributed by atoms with Crippen molar-refractivity contribution in [3.8, 4) is 0 Å². The second kappa shape index (κ2) is 6.45. The van der Waals surface area contributed by atoms with Gasteiger partial charge in [0.15, 0.2) is 0 Å². The van der Waals surface area contributed by atoms with Crippen molar-refractivity contribution >= 4 is 16.6 Å². The third-order valence-corrected chi connectivity index (χ3v) is 4.02. The molecule has 3 rings (SSSR count). The summed E-state index contributed by atoms with van der Waals surface area (Å²) in [5.74, 6) is 0. The molecule has 1 unspecified atom stereocenters. The van der Waals surface area contributed by atoms with Gasteiger partial charge in [-0.1, -0.05) is 29.3 Å². The number of rotatable bonds is 4. The normalized spacial score (nSPS) is 12.3. The van der Waals surface area contributed by atoms with E-state index in [0.717, 1.165) is 11.1 Å². The van der Waals surface area contributed by atoms with Crippen LogP contribution in [0.15, 0.2) is 47.5 Å². The summed E-state index contributed by atoms with van der Waals surface area (Å²) in [6, 6.07) is 9.69. The van der Waals surface area contributed by atoms with Gasteiger partial charge in [-0.2, -0.15) is 0 Å². The number of fused-ring (bicyclic) bond motifs is 1. The summed E-state index contributed by atoms with van der Waals surface area (Å²) in [7, 11) is 0. The van der Waals surface area contributed by atoms with Crippen LogP contribution < -0.4 is 5.56 Å². The van der Waals surface area contributed by atoms with E-state index >= 15 is 0 Å². The van der Waals surface area contributed by atoms with Gasteiger partial charge in [0.2, 0.25) is 0 Å². The predicted octanol–water partition coefficient (Wildman–Crippen LogP) is 2.66. The number of aliphatic hydroxyl groups excluding tert-OH is 1. The average Bonchev–Trinajstić information content (AvgIpc) is 2.56. The highest BCUT2D eigenvalue weighted by Gasteiger charge is 2.14. The van der Waals surface area contributed by atoms with Crippen molar-refractivity contribution in [3.05, 3.63) is 79.9 Å². The van der Waals surface area contributed by atoms with Gasteiger partial charge in [-0.25, -0.2) is 4.98 Å². The maximum Gasteiger partial charge on any atom is 0.270 e. The summed E-state index contributed by atoms with van der Waals surface area (Å²) >= 11 is 0. The van der Waals surface area contributed by atoms with Crippen molar-refractivity contribution in [3.63, 3.8) is 0 Å². The number of nitro groups is 1. The Bertz CT molecular complexity index is 1010. The number of non-ortho nitro benzene ring substituents is 1. The van der Waals surface area contributed by atoms with E-state index in [-0.39, 0.29) is 17.6 Å². The first-order valence-corrected chi connectivity index (χ1v) is 7.75. The Hall–Kier alpha value is -3.06. The number of hydrogen-bond acceptors (Lipinski definition) is 5. The Labute approximate surface area is 143 Å². The van der Waals surface area contributed by atoms with Gasteiger partial charge in [-0.3, -0.25) is 19.5 Å². The number of benzene rings is 2. The summed E-state index contributed by atoms with van der Waals surface area (Å²) < 4.78 is 1.27. The van der Waals surface area contributed by atoms with Crippen molar-refractivity contribution in [2.24, 2.45) is 0 Å². The lowest BCUT2D eigenvalue weighted by Gasteiger charge is -2.14. The van der Waals surface area contributed by atoms with Crippen LogP contribution in [0, 0.1) is 24.0 Å². The second-order valence-corrected chi connectivity index (χ2v) is 6.10. The quantitative estimate of drug-likeness (QED) is 0.582. The molecule has 0 saturated carbocycles. The maximum absolute atomic E-state index is 12.6. The topological polar surface area (TPSA) is 98.3 Å². The molecule has 0 aliphatic rings. The number of hydrogen-bond donors (Lipinski definition) is 1.